The maximum atomic E-state index is 5.71. The molecule has 80 valence electrons. The van der Waals surface area contributed by atoms with Crippen molar-refractivity contribution in [3.8, 4) is 0 Å². The van der Waals surface area contributed by atoms with Crippen LogP contribution in [0.25, 0.3) is 0 Å². The average molecular weight is 205 g/mol. The van der Waals surface area contributed by atoms with Crippen LogP contribution in [0.1, 0.15) is 13.8 Å². The fourth-order valence-electron chi connectivity index (χ4n) is 1.22. The molecular weight excluding hydrogens is 182 g/mol. The summed E-state index contributed by atoms with van der Waals surface area (Å²) in [6, 6.07) is 1.04. The normalized spacial score (nSPS) is 12.5. The minimum Gasteiger partial charge on any atom is -0.395 e. The van der Waals surface area contributed by atoms with E-state index in [2.05, 4.69) is 25.5 Å². The highest BCUT2D eigenvalue weighted by Gasteiger charge is 2.30. The summed E-state index contributed by atoms with van der Waals surface area (Å²) in [7, 11) is 2.30. The molecule has 0 bridgehead atoms. The zero-order valence-corrected chi connectivity index (χ0v) is 10.6. The third kappa shape index (κ3) is 6.21. The topological polar surface area (TPSA) is 21.7 Å². The summed E-state index contributed by atoms with van der Waals surface area (Å²) in [5, 5.41) is 0. The van der Waals surface area contributed by atoms with Gasteiger partial charge in [0.05, 0.1) is 0 Å². The van der Waals surface area contributed by atoms with Crippen LogP contribution >= 0.6 is 0 Å². The molecule has 0 spiro atoms. The summed E-state index contributed by atoms with van der Waals surface area (Å²) >= 11 is 0. The average Bonchev–Trinajstić information content (AvgIpc) is 2.02. The molecule has 0 heterocycles. The Morgan fingerprint density at radius 3 is 1.85 bits per heavy atom. The first-order chi connectivity index (χ1) is 6.04. The molecule has 0 saturated carbocycles. The quantitative estimate of drug-likeness (QED) is 0.590. The fourth-order valence-corrected chi connectivity index (χ4v) is 3.67. The van der Waals surface area contributed by atoms with Crippen molar-refractivity contribution in [3.05, 3.63) is 0 Å². The van der Waals surface area contributed by atoms with E-state index in [4.69, 9.17) is 8.85 Å². The minimum atomic E-state index is -1.85. The van der Waals surface area contributed by atoms with Gasteiger partial charge in [0.25, 0.3) is 0 Å². The molecule has 13 heavy (non-hydrogen) atoms. The van der Waals surface area contributed by atoms with Gasteiger partial charge in [-0.2, -0.15) is 0 Å². The van der Waals surface area contributed by atoms with E-state index in [9.17, 15) is 0 Å². The van der Waals surface area contributed by atoms with E-state index in [1.165, 1.54) is 0 Å². The van der Waals surface area contributed by atoms with Crippen LogP contribution in [-0.2, 0) is 8.85 Å². The van der Waals surface area contributed by atoms with Gasteiger partial charge in [-0.05, 0) is 41.0 Å². The summed E-state index contributed by atoms with van der Waals surface area (Å²) in [6.45, 7) is 8.76. The standard InChI is InChI=1S/C9H23NO2Si/c1-6-11-13(5,12-7-2)9-8-10(3)4/h6-9H2,1-5H3. The molecule has 4 heteroatoms. The lowest BCUT2D eigenvalue weighted by Gasteiger charge is -2.27. The van der Waals surface area contributed by atoms with Gasteiger partial charge in [0.15, 0.2) is 0 Å². The molecule has 3 nitrogen and oxygen atoms in total. The largest absolute Gasteiger partial charge is 0.395 e. The zero-order chi connectivity index (χ0) is 10.3. The van der Waals surface area contributed by atoms with Crippen molar-refractivity contribution in [1.29, 1.82) is 0 Å². The molecule has 0 aromatic rings. The molecule has 0 N–H and O–H groups in total. The smallest absolute Gasteiger partial charge is 0.336 e. The minimum absolute atomic E-state index is 0.760. The van der Waals surface area contributed by atoms with Crippen LogP contribution in [-0.4, -0.2) is 47.3 Å². The molecule has 0 aliphatic rings. The summed E-state index contributed by atoms with van der Waals surface area (Å²) in [5.41, 5.74) is 0. The van der Waals surface area contributed by atoms with Crippen LogP contribution in [0.2, 0.25) is 12.6 Å². The van der Waals surface area contributed by atoms with Gasteiger partial charge in [-0.1, -0.05) is 0 Å². The van der Waals surface area contributed by atoms with Gasteiger partial charge in [-0.3, -0.25) is 0 Å². The lowest BCUT2D eigenvalue weighted by Crippen LogP contribution is -2.41. The fraction of sp³-hybridized carbons (Fsp3) is 1.00. The number of hydrogen-bond donors (Lipinski definition) is 0. The Morgan fingerprint density at radius 2 is 1.54 bits per heavy atom. The Morgan fingerprint density at radius 1 is 1.08 bits per heavy atom. The molecule has 0 aromatic heterocycles. The number of hydrogen-bond acceptors (Lipinski definition) is 3. The van der Waals surface area contributed by atoms with Gasteiger partial charge in [0, 0.05) is 19.3 Å². The van der Waals surface area contributed by atoms with Crippen LogP contribution in [0, 0.1) is 0 Å². The van der Waals surface area contributed by atoms with Crippen molar-refractivity contribution in [2.75, 3.05) is 33.9 Å². The second-order valence-corrected chi connectivity index (χ2v) is 6.90. The molecule has 0 aromatic carbocycles. The predicted octanol–water partition coefficient (Wildman–Crippen LogP) is 1.69. The lowest BCUT2D eigenvalue weighted by molar-refractivity contribution is 0.185. The van der Waals surface area contributed by atoms with Gasteiger partial charge in [-0.15, -0.1) is 0 Å². The first kappa shape index (κ1) is 13.1. The maximum absolute atomic E-state index is 5.71. The second kappa shape index (κ2) is 6.54. The van der Waals surface area contributed by atoms with Gasteiger partial charge in [-0.25, -0.2) is 0 Å². The van der Waals surface area contributed by atoms with Gasteiger partial charge >= 0.3 is 8.56 Å². The van der Waals surface area contributed by atoms with Crippen molar-refractivity contribution in [2.45, 2.75) is 26.4 Å². The number of nitrogens with zero attached hydrogens (tertiary/aromatic N) is 1. The molecule has 0 rings (SSSR count). The molecule has 0 aliphatic carbocycles. The van der Waals surface area contributed by atoms with Crippen molar-refractivity contribution < 1.29 is 8.85 Å². The Kier molecular flexibility index (Phi) is 6.58. The first-order valence-electron chi connectivity index (χ1n) is 4.96. The molecule has 0 fully saturated rings. The van der Waals surface area contributed by atoms with Crippen LogP contribution in [0.15, 0.2) is 0 Å². The molecule has 0 radical (unpaired) electrons. The Labute approximate surface area is 83.3 Å². The van der Waals surface area contributed by atoms with E-state index >= 15 is 0 Å². The molecule has 0 aliphatic heterocycles. The van der Waals surface area contributed by atoms with E-state index in [0.29, 0.717) is 0 Å². The Balaban J connectivity index is 3.91. The molecule has 0 saturated heterocycles. The van der Waals surface area contributed by atoms with Crippen molar-refractivity contribution >= 4 is 8.56 Å². The first-order valence-corrected chi connectivity index (χ1v) is 7.49. The van der Waals surface area contributed by atoms with Crippen molar-refractivity contribution in [1.82, 2.24) is 4.90 Å². The summed E-state index contributed by atoms with van der Waals surface area (Å²) in [4.78, 5) is 2.17. The van der Waals surface area contributed by atoms with Crippen LogP contribution in [0.5, 0.6) is 0 Å². The van der Waals surface area contributed by atoms with E-state index in [-0.39, 0.29) is 0 Å². The van der Waals surface area contributed by atoms with Gasteiger partial charge in [0.1, 0.15) is 0 Å². The number of rotatable bonds is 7. The van der Waals surface area contributed by atoms with Crippen LogP contribution < -0.4 is 0 Å². The summed E-state index contributed by atoms with van der Waals surface area (Å²) in [6.07, 6.45) is 0. The van der Waals surface area contributed by atoms with Gasteiger partial charge in [0.2, 0.25) is 0 Å². The highest BCUT2D eigenvalue weighted by atomic mass is 28.4. The lowest BCUT2D eigenvalue weighted by atomic mass is 10.7. The molecule has 0 atom stereocenters. The highest BCUT2D eigenvalue weighted by molar-refractivity contribution is 6.66. The summed E-state index contributed by atoms with van der Waals surface area (Å²) < 4.78 is 11.4. The third-order valence-electron chi connectivity index (χ3n) is 1.91. The zero-order valence-electron chi connectivity index (χ0n) is 9.59. The van der Waals surface area contributed by atoms with Crippen molar-refractivity contribution in [2.24, 2.45) is 0 Å². The van der Waals surface area contributed by atoms with Crippen LogP contribution in [0.4, 0.5) is 0 Å². The Hall–Kier alpha value is 0.0969. The van der Waals surface area contributed by atoms with E-state index in [1.807, 2.05) is 13.8 Å². The maximum Gasteiger partial charge on any atom is 0.336 e. The van der Waals surface area contributed by atoms with Crippen molar-refractivity contribution in [3.63, 3.8) is 0 Å². The highest BCUT2D eigenvalue weighted by Crippen LogP contribution is 2.13. The van der Waals surface area contributed by atoms with Gasteiger partial charge < -0.3 is 13.8 Å². The van der Waals surface area contributed by atoms with E-state index in [1.54, 1.807) is 0 Å². The SMILES string of the molecule is CCO[Si](C)(CCN(C)C)OCC. The third-order valence-corrected chi connectivity index (χ3v) is 4.84. The molecule has 0 amide bonds. The molecular formula is C9H23NO2Si. The summed E-state index contributed by atoms with van der Waals surface area (Å²) in [5.74, 6) is 0. The van der Waals surface area contributed by atoms with E-state index in [0.717, 1.165) is 25.8 Å². The van der Waals surface area contributed by atoms with E-state index < -0.39 is 8.56 Å². The monoisotopic (exact) mass is 205 g/mol. The second-order valence-electron chi connectivity index (χ2n) is 3.55. The van der Waals surface area contributed by atoms with Crippen LogP contribution in [0.3, 0.4) is 0 Å². The Bertz CT molecular complexity index is 125. The molecule has 0 unspecified atom stereocenters. The predicted molar refractivity (Wildman–Crippen MR) is 58.2 cm³/mol.